The van der Waals surface area contributed by atoms with Gasteiger partial charge >= 0.3 is 0 Å². The molecule has 0 aliphatic heterocycles. The molecular weight excluding hydrogens is 641 g/mol. The van der Waals surface area contributed by atoms with Crippen molar-refractivity contribution in [3.8, 4) is 16.8 Å². The highest BCUT2D eigenvalue weighted by Crippen LogP contribution is 2.51. The van der Waals surface area contributed by atoms with Gasteiger partial charge in [0.05, 0.1) is 5.52 Å². The molecule has 0 amide bonds. The molecule has 10 rings (SSSR count). The van der Waals surface area contributed by atoms with E-state index in [-0.39, 0.29) is 5.41 Å². The monoisotopic (exact) mass is 686 g/mol. The van der Waals surface area contributed by atoms with Crippen LogP contribution in [0.15, 0.2) is 150 Å². The molecule has 53 heavy (non-hydrogen) atoms. The highest BCUT2D eigenvalue weighted by molar-refractivity contribution is 5.87. The highest BCUT2D eigenvalue weighted by Gasteiger charge is 2.37. The smallest absolute Gasteiger partial charge is 0.0540 e. The molecule has 0 saturated heterocycles. The fourth-order valence-corrected chi connectivity index (χ4v) is 9.47. The first-order chi connectivity index (χ1) is 26.0. The Morgan fingerprint density at radius 1 is 0.623 bits per heavy atom. The van der Waals surface area contributed by atoms with E-state index in [1.54, 1.807) is 0 Å². The van der Waals surface area contributed by atoms with Gasteiger partial charge in [-0.2, -0.15) is 0 Å². The molecule has 5 aliphatic rings. The second-order valence-corrected chi connectivity index (χ2v) is 15.8. The Balaban J connectivity index is 1.06. The van der Waals surface area contributed by atoms with E-state index in [1.165, 1.54) is 88.8 Å². The van der Waals surface area contributed by atoms with Crippen LogP contribution < -0.4 is 15.5 Å². The van der Waals surface area contributed by atoms with Crippen molar-refractivity contribution >= 4 is 40.0 Å². The number of hydrogen-bond acceptors (Lipinski definition) is 1. The predicted molar refractivity (Wildman–Crippen MR) is 225 cm³/mol. The summed E-state index contributed by atoms with van der Waals surface area (Å²) in [5.74, 6) is 0. The second-order valence-electron chi connectivity index (χ2n) is 15.8. The molecule has 0 fully saturated rings. The van der Waals surface area contributed by atoms with Gasteiger partial charge in [0.15, 0.2) is 0 Å². The van der Waals surface area contributed by atoms with Crippen LogP contribution in [-0.2, 0) is 5.41 Å². The van der Waals surface area contributed by atoms with E-state index in [0.717, 1.165) is 51.4 Å². The van der Waals surface area contributed by atoms with Crippen molar-refractivity contribution in [2.75, 3.05) is 4.90 Å². The fraction of sp³-hybridized carbons (Fsp3) is 0.216. The zero-order valence-electron chi connectivity index (χ0n) is 30.9. The number of anilines is 2. The number of allylic oxidation sites excluding steroid dienone is 12. The topological polar surface area (TPSA) is 8.17 Å². The molecule has 0 saturated carbocycles. The molecule has 5 aromatic rings. The van der Waals surface area contributed by atoms with Crippen LogP contribution in [0, 0.1) is 0 Å². The second kappa shape index (κ2) is 12.8. The lowest BCUT2D eigenvalue weighted by atomic mass is 9.82. The van der Waals surface area contributed by atoms with Gasteiger partial charge in [-0.15, -0.1) is 0 Å². The predicted octanol–water partition coefficient (Wildman–Crippen LogP) is 12.0. The Labute approximate surface area is 313 Å². The number of fused-ring (bicyclic) bond motifs is 6. The number of rotatable bonds is 6. The number of hydrogen-bond donors (Lipinski definition) is 0. The van der Waals surface area contributed by atoms with Gasteiger partial charge in [-0.05, 0) is 144 Å². The summed E-state index contributed by atoms with van der Waals surface area (Å²) in [5, 5.41) is 4.06. The summed E-state index contributed by atoms with van der Waals surface area (Å²) in [6.07, 6.45) is 32.1. The first-order valence-electron chi connectivity index (χ1n) is 19.7. The summed E-state index contributed by atoms with van der Waals surface area (Å²) in [5.41, 5.74) is 17.3. The minimum absolute atomic E-state index is 0.153. The third-order valence-corrected chi connectivity index (χ3v) is 12.3. The third kappa shape index (κ3) is 5.38. The van der Waals surface area contributed by atoms with E-state index in [2.05, 4.69) is 169 Å². The van der Waals surface area contributed by atoms with Crippen LogP contribution in [0.25, 0.3) is 45.4 Å². The molecule has 1 aromatic heterocycles. The van der Waals surface area contributed by atoms with Crippen molar-refractivity contribution in [2.45, 2.75) is 70.6 Å². The van der Waals surface area contributed by atoms with E-state index >= 15 is 0 Å². The van der Waals surface area contributed by atoms with Crippen molar-refractivity contribution in [3.63, 3.8) is 0 Å². The molecular formula is C51H46N2. The Bertz CT molecular complexity index is 2630. The van der Waals surface area contributed by atoms with Crippen molar-refractivity contribution in [1.29, 1.82) is 0 Å². The van der Waals surface area contributed by atoms with Gasteiger partial charge in [0.1, 0.15) is 0 Å². The summed E-state index contributed by atoms with van der Waals surface area (Å²) in [4.78, 5) is 2.52. The molecule has 0 N–H and O–H groups in total. The van der Waals surface area contributed by atoms with Crippen LogP contribution in [-0.4, -0.2) is 4.57 Å². The lowest BCUT2D eigenvalue weighted by molar-refractivity contribution is 0.659. The number of benzene rings is 4. The first-order valence-corrected chi connectivity index (χ1v) is 19.7. The van der Waals surface area contributed by atoms with Crippen LogP contribution in [0.3, 0.4) is 0 Å². The molecule has 1 heterocycles. The third-order valence-electron chi connectivity index (χ3n) is 12.3. The molecule has 5 aliphatic carbocycles. The highest BCUT2D eigenvalue weighted by atomic mass is 15.1. The van der Waals surface area contributed by atoms with E-state index < -0.39 is 0 Å². The maximum absolute atomic E-state index is 2.52. The van der Waals surface area contributed by atoms with Crippen molar-refractivity contribution in [1.82, 2.24) is 4.57 Å². The average molecular weight is 687 g/mol. The summed E-state index contributed by atoms with van der Waals surface area (Å²) in [6, 6.07) is 32.6. The van der Waals surface area contributed by atoms with E-state index in [0.29, 0.717) is 0 Å². The molecule has 2 nitrogen and oxygen atoms in total. The van der Waals surface area contributed by atoms with Crippen molar-refractivity contribution < 1.29 is 0 Å². The molecule has 4 aromatic carbocycles. The Morgan fingerprint density at radius 2 is 1.42 bits per heavy atom. The van der Waals surface area contributed by atoms with Gasteiger partial charge in [-0.25, -0.2) is 0 Å². The van der Waals surface area contributed by atoms with E-state index in [1.807, 2.05) is 0 Å². The molecule has 2 heteroatoms. The van der Waals surface area contributed by atoms with Crippen LogP contribution in [0.2, 0.25) is 0 Å². The van der Waals surface area contributed by atoms with Gasteiger partial charge in [0.25, 0.3) is 0 Å². The Morgan fingerprint density at radius 3 is 2.21 bits per heavy atom. The zero-order chi connectivity index (χ0) is 35.5. The maximum atomic E-state index is 2.52. The van der Waals surface area contributed by atoms with Gasteiger partial charge in [0.2, 0.25) is 0 Å². The summed E-state index contributed by atoms with van der Waals surface area (Å²) in [6.45, 7) is 4.83. The molecule has 0 unspecified atom stereocenters. The normalized spacial score (nSPS) is 18.2. The standard InChI is InChI=1S/C51H46N2/c1-51(2)47-33-41(29-31-43(47)44-32-30-42(34-48(44)51)53-49-19-11-9-17-45(49)46-18-10-12-20-50(46)53)52(39-25-21-37(22-26-39)35-13-5-3-6-14-35)40-27-23-38(24-28-40)36-15-7-4-8-16-36/h3,5,7,9,11,13,15-23,25-27,29-34H,4,6,8,10,12,14,24,28H2,1-2H3. The summed E-state index contributed by atoms with van der Waals surface area (Å²) in [7, 11) is 0. The average Bonchev–Trinajstić information content (AvgIpc) is 3.67. The van der Waals surface area contributed by atoms with Crippen LogP contribution in [0.1, 0.15) is 81.9 Å². The molecule has 0 bridgehead atoms. The lowest BCUT2D eigenvalue weighted by Gasteiger charge is -2.31. The van der Waals surface area contributed by atoms with Crippen LogP contribution in [0.5, 0.6) is 0 Å². The van der Waals surface area contributed by atoms with Crippen molar-refractivity contribution in [3.05, 3.63) is 178 Å². The minimum atomic E-state index is -0.153. The maximum Gasteiger partial charge on any atom is 0.0540 e. The Kier molecular flexibility index (Phi) is 7.76. The van der Waals surface area contributed by atoms with Gasteiger partial charge in [-0.1, -0.05) is 111 Å². The molecule has 0 atom stereocenters. The molecule has 0 spiro atoms. The van der Waals surface area contributed by atoms with Gasteiger partial charge < -0.3 is 9.47 Å². The van der Waals surface area contributed by atoms with Gasteiger partial charge in [0, 0.05) is 44.1 Å². The Hall–Kier alpha value is -5.60. The SMILES string of the molecule is CC1(C)c2cc(N(C3=CC=C(C4=CCCC=C4)CC3)c3ccc(C4=CC=CCC4)cc3)ccc2-c2ccc(-n3c4c(c5ccccc53)=CCCC=4)cc21. The van der Waals surface area contributed by atoms with Crippen molar-refractivity contribution in [2.24, 2.45) is 0 Å². The van der Waals surface area contributed by atoms with E-state index in [4.69, 9.17) is 0 Å². The van der Waals surface area contributed by atoms with Gasteiger partial charge in [-0.3, -0.25) is 0 Å². The van der Waals surface area contributed by atoms with E-state index in [9.17, 15) is 0 Å². The zero-order valence-corrected chi connectivity index (χ0v) is 30.9. The quantitative estimate of drug-likeness (QED) is 0.173. The van der Waals surface area contributed by atoms with Crippen LogP contribution >= 0.6 is 0 Å². The van der Waals surface area contributed by atoms with Crippen LogP contribution in [0.4, 0.5) is 11.4 Å². The number of para-hydroxylation sites is 1. The largest absolute Gasteiger partial charge is 0.314 e. The fourth-order valence-electron chi connectivity index (χ4n) is 9.47. The summed E-state index contributed by atoms with van der Waals surface area (Å²) >= 11 is 0. The minimum Gasteiger partial charge on any atom is -0.314 e. The first kappa shape index (κ1) is 32.1. The number of aromatic nitrogens is 1. The lowest BCUT2D eigenvalue weighted by Crippen LogP contribution is -2.30. The number of nitrogens with zero attached hydrogens (tertiary/aromatic N) is 2. The molecule has 0 radical (unpaired) electrons. The summed E-state index contributed by atoms with van der Waals surface area (Å²) < 4.78 is 2.49. The molecule has 260 valence electrons.